The molecule has 2 fully saturated rings. The van der Waals surface area contributed by atoms with Crippen molar-refractivity contribution in [2.45, 2.75) is 58.0 Å². The van der Waals surface area contributed by atoms with Gasteiger partial charge in [-0.15, -0.1) is 0 Å². The van der Waals surface area contributed by atoms with Crippen molar-refractivity contribution in [1.29, 1.82) is 0 Å². The van der Waals surface area contributed by atoms with E-state index < -0.39 is 0 Å². The molecule has 0 bridgehead atoms. The van der Waals surface area contributed by atoms with E-state index in [4.69, 9.17) is 0 Å². The summed E-state index contributed by atoms with van der Waals surface area (Å²) >= 11 is 0. The molecule has 94 valence electrons. The third-order valence-corrected chi connectivity index (χ3v) is 5.03. The van der Waals surface area contributed by atoms with E-state index in [1.54, 1.807) is 0 Å². The quantitative estimate of drug-likeness (QED) is 0.775. The minimum atomic E-state index is 0.784. The van der Waals surface area contributed by atoms with E-state index in [2.05, 4.69) is 31.1 Å². The number of hydrogen-bond donors (Lipinski definition) is 1. The highest BCUT2D eigenvalue weighted by molar-refractivity contribution is 4.88. The van der Waals surface area contributed by atoms with E-state index >= 15 is 0 Å². The van der Waals surface area contributed by atoms with E-state index in [9.17, 15) is 0 Å². The van der Waals surface area contributed by atoms with Crippen molar-refractivity contribution in [3.63, 3.8) is 0 Å². The van der Waals surface area contributed by atoms with Crippen LogP contribution in [0.15, 0.2) is 0 Å². The molecule has 4 unspecified atom stereocenters. The van der Waals surface area contributed by atoms with Gasteiger partial charge in [0.1, 0.15) is 0 Å². The van der Waals surface area contributed by atoms with Gasteiger partial charge < -0.3 is 5.32 Å². The average Bonchev–Trinajstić information content (AvgIpc) is 2.33. The smallest absolute Gasteiger partial charge is 0.0221 e. The maximum Gasteiger partial charge on any atom is 0.0221 e. The summed E-state index contributed by atoms with van der Waals surface area (Å²) in [4.78, 5) is 2.69. The highest BCUT2D eigenvalue weighted by Gasteiger charge is 2.33. The van der Waals surface area contributed by atoms with Crippen molar-refractivity contribution in [3.8, 4) is 0 Å². The van der Waals surface area contributed by atoms with Gasteiger partial charge in [0, 0.05) is 18.6 Å². The SMILES string of the molecule is CC1CCCC(N(C)C2CCCNC2)C1C. The summed E-state index contributed by atoms with van der Waals surface area (Å²) in [5.41, 5.74) is 0. The molecular formula is C14H28N2. The Morgan fingerprint density at radius 1 is 1.06 bits per heavy atom. The number of nitrogens with one attached hydrogen (secondary N) is 1. The van der Waals surface area contributed by atoms with Crippen LogP contribution in [0.4, 0.5) is 0 Å². The Balaban J connectivity index is 1.93. The third-order valence-electron chi connectivity index (χ3n) is 5.03. The molecule has 1 saturated carbocycles. The molecule has 2 aliphatic rings. The molecule has 0 aromatic rings. The van der Waals surface area contributed by atoms with Crippen molar-refractivity contribution in [2.75, 3.05) is 20.1 Å². The van der Waals surface area contributed by atoms with E-state index in [1.807, 2.05) is 0 Å². The van der Waals surface area contributed by atoms with E-state index in [0.29, 0.717) is 0 Å². The first-order valence-corrected chi connectivity index (χ1v) is 7.13. The molecule has 0 aromatic heterocycles. The topological polar surface area (TPSA) is 15.3 Å². The first kappa shape index (κ1) is 12.4. The van der Waals surface area contributed by atoms with Gasteiger partial charge in [0.15, 0.2) is 0 Å². The van der Waals surface area contributed by atoms with Crippen LogP contribution >= 0.6 is 0 Å². The molecule has 2 nitrogen and oxygen atoms in total. The maximum absolute atomic E-state index is 3.54. The molecule has 0 radical (unpaired) electrons. The summed E-state index contributed by atoms with van der Waals surface area (Å²) in [7, 11) is 2.36. The lowest BCUT2D eigenvalue weighted by molar-refractivity contribution is 0.0593. The van der Waals surface area contributed by atoms with Crippen molar-refractivity contribution in [1.82, 2.24) is 10.2 Å². The van der Waals surface area contributed by atoms with Crippen LogP contribution < -0.4 is 5.32 Å². The Hall–Kier alpha value is -0.0800. The van der Waals surface area contributed by atoms with Crippen LogP contribution in [0.25, 0.3) is 0 Å². The highest BCUT2D eigenvalue weighted by Crippen LogP contribution is 2.33. The van der Waals surface area contributed by atoms with Gasteiger partial charge in [-0.3, -0.25) is 4.90 Å². The molecule has 1 saturated heterocycles. The second-order valence-electron chi connectivity index (χ2n) is 6.00. The van der Waals surface area contributed by atoms with Gasteiger partial charge in [0.05, 0.1) is 0 Å². The number of likely N-dealkylation sites (N-methyl/N-ethyl adjacent to an activating group) is 1. The largest absolute Gasteiger partial charge is 0.315 e. The van der Waals surface area contributed by atoms with Gasteiger partial charge in [0.2, 0.25) is 0 Å². The lowest BCUT2D eigenvalue weighted by Gasteiger charge is -2.44. The zero-order valence-electron chi connectivity index (χ0n) is 11.2. The summed E-state index contributed by atoms with van der Waals surface area (Å²) in [6.45, 7) is 7.32. The Labute approximate surface area is 101 Å². The van der Waals surface area contributed by atoms with Crippen LogP contribution in [-0.4, -0.2) is 37.1 Å². The zero-order chi connectivity index (χ0) is 11.5. The Bertz CT molecular complexity index is 211. The van der Waals surface area contributed by atoms with Crippen LogP contribution in [0.2, 0.25) is 0 Å². The summed E-state index contributed by atoms with van der Waals surface area (Å²) in [5, 5.41) is 3.54. The average molecular weight is 224 g/mol. The first-order chi connectivity index (χ1) is 7.70. The van der Waals surface area contributed by atoms with Crippen molar-refractivity contribution < 1.29 is 0 Å². The lowest BCUT2D eigenvalue weighted by Crippen LogP contribution is -2.52. The summed E-state index contributed by atoms with van der Waals surface area (Å²) in [6.07, 6.45) is 7.03. The van der Waals surface area contributed by atoms with Crippen molar-refractivity contribution in [3.05, 3.63) is 0 Å². The van der Waals surface area contributed by atoms with Crippen LogP contribution in [-0.2, 0) is 0 Å². The van der Waals surface area contributed by atoms with Crippen LogP contribution in [0.5, 0.6) is 0 Å². The van der Waals surface area contributed by atoms with E-state index in [-0.39, 0.29) is 0 Å². The second kappa shape index (κ2) is 5.50. The first-order valence-electron chi connectivity index (χ1n) is 7.13. The molecule has 1 aliphatic carbocycles. The van der Waals surface area contributed by atoms with E-state index in [0.717, 1.165) is 23.9 Å². The minimum absolute atomic E-state index is 0.784. The number of nitrogens with zero attached hydrogens (tertiary/aromatic N) is 1. The molecule has 0 aromatic carbocycles. The highest BCUT2D eigenvalue weighted by atomic mass is 15.2. The van der Waals surface area contributed by atoms with Gasteiger partial charge in [0.25, 0.3) is 0 Å². The summed E-state index contributed by atoms with van der Waals surface area (Å²) in [5.74, 6) is 1.79. The van der Waals surface area contributed by atoms with Crippen LogP contribution in [0, 0.1) is 11.8 Å². The van der Waals surface area contributed by atoms with Gasteiger partial charge >= 0.3 is 0 Å². The zero-order valence-corrected chi connectivity index (χ0v) is 11.2. The molecule has 0 spiro atoms. The minimum Gasteiger partial charge on any atom is -0.315 e. The van der Waals surface area contributed by atoms with Gasteiger partial charge in [-0.2, -0.15) is 0 Å². The Morgan fingerprint density at radius 3 is 2.56 bits per heavy atom. The Morgan fingerprint density at radius 2 is 1.88 bits per heavy atom. The van der Waals surface area contributed by atoms with Crippen LogP contribution in [0.1, 0.15) is 46.0 Å². The second-order valence-corrected chi connectivity index (χ2v) is 6.00. The molecule has 4 atom stereocenters. The van der Waals surface area contributed by atoms with Gasteiger partial charge in [-0.25, -0.2) is 0 Å². The van der Waals surface area contributed by atoms with Gasteiger partial charge in [-0.1, -0.05) is 26.7 Å². The molecule has 1 N–H and O–H groups in total. The predicted octanol–water partition coefficient (Wildman–Crippen LogP) is 2.49. The summed E-state index contributed by atoms with van der Waals surface area (Å²) < 4.78 is 0. The van der Waals surface area contributed by atoms with Crippen LogP contribution in [0.3, 0.4) is 0 Å². The molecule has 16 heavy (non-hydrogen) atoms. The number of piperidine rings is 1. The molecule has 1 aliphatic heterocycles. The number of rotatable bonds is 2. The fourth-order valence-electron chi connectivity index (χ4n) is 3.58. The fourth-order valence-corrected chi connectivity index (χ4v) is 3.58. The molecule has 2 rings (SSSR count). The molecule has 1 heterocycles. The fraction of sp³-hybridized carbons (Fsp3) is 1.00. The number of hydrogen-bond acceptors (Lipinski definition) is 2. The monoisotopic (exact) mass is 224 g/mol. The van der Waals surface area contributed by atoms with Gasteiger partial charge in [-0.05, 0) is 44.7 Å². The predicted molar refractivity (Wildman–Crippen MR) is 69.6 cm³/mol. The third kappa shape index (κ3) is 2.60. The molecule has 0 amide bonds. The summed E-state index contributed by atoms with van der Waals surface area (Å²) in [6, 6.07) is 1.61. The Kier molecular flexibility index (Phi) is 4.26. The maximum atomic E-state index is 3.54. The van der Waals surface area contributed by atoms with Crippen molar-refractivity contribution in [2.24, 2.45) is 11.8 Å². The standard InChI is InChI=1S/C14H28N2/c1-11-6-4-8-14(12(11)2)16(3)13-7-5-9-15-10-13/h11-15H,4-10H2,1-3H3. The van der Waals surface area contributed by atoms with Crippen molar-refractivity contribution >= 4 is 0 Å². The normalized spacial score (nSPS) is 41.2. The molecule has 2 heteroatoms. The van der Waals surface area contributed by atoms with E-state index in [1.165, 1.54) is 45.2 Å². The molecular weight excluding hydrogens is 196 g/mol. The lowest BCUT2D eigenvalue weighted by atomic mass is 9.77.